The Kier molecular flexibility index (Phi) is 4.45. The first-order valence-corrected chi connectivity index (χ1v) is 7.29. The molecule has 0 aromatic carbocycles. The van der Waals surface area contributed by atoms with Crippen molar-refractivity contribution in [3.63, 3.8) is 0 Å². The molecule has 3 N–H and O–H groups in total. The zero-order valence-corrected chi connectivity index (χ0v) is 11.9. The summed E-state index contributed by atoms with van der Waals surface area (Å²) in [5.74, 6) is 0.704. The average Bonchev–Trinajstić information content (AvgIpc) is 2.79. The van der Waals surface area contributed by atoms with Gasteiger partial charge in [0.1, 0.15) is 0 Å². The highest BCUT2D eigenvalue weighted by Gasteiger charge is 2.36. The summed E-state index contributed by atoms with van der Waals surface area (Å²) in [6.07, 6.45) is 3.74. The number of nitrogens with zero attached hydrogens (tertiary/aromatic N) is 1. The van der Waals surface area contributed by atoms with Crippen LogP contribution in [0.25, 0.3) is 0 Å². The third kappa shape index (κ3) is 3.47. The number of carbonyl (C=O) groups is 2. The fraction of sp³-hybridized carbons (Fsp3) is 0.857. The number of amides is 2. The van der Waals surface area contributed by atoms with E-state index in [1.54, 1.807) is 0 Å². The molecule has 1 saturated carbocycles. The first-order valence-electron chi connectivity index (χ1n) is 7.29. The van der Waals surface area contributed by atoms with Crippen molar-refractivity contribution in [3.8, 4) is 0 Å². The minimum absolute atomic E-state index is 0.0210. The lowest BCUT2D eigenvalue weighted by molar-refractivity contribution is -0.137. The third-order valence-electron chi connectivity index (χ3n) is 4.46. The normalized spacial score (nSPS) is 35.2. The van der Waals surface area contributed by atoms with Crippen LogP contribution in [0.4, 0.5) is 0 Å². The number of likely N-dealkylation sites (tertiary alicyclic amines) is 1. The van der Waals surface area contributed by atoms with Crippen molar-refractivity contribution in [2.24, 2.45) is 17.6 Å². The monoisotopic (exact) mass is 267 g/mol. The maximum absolute atomic E-state index is 12.5. The number of hydrogen-bond donors (Lipinski definition) is 2. The van der Waals surface area contributed by atoms with Crippen LogP contribution < -0.4 is 11.1 Å². The fourth-order valence-electron chi connectivity index (χ4n) is 3.30. The number of hydrogen-bond acceptors (Lipinski definition) is 3. The summed E-state index contributed by atoms with van der Waals surface area (Å²) in [6, 6.07) is 0.285. The molecule has 5 heteroatoms. The van der Waals surface area contributed by atoms with E-state index in [-0.39, 0.29) is 29.8 Å². The Morgan fingerprint density at radius 2 is 2.00 bits per heavy atom. The van der Waals surface area contributed by atoms with Crippen LogP contribution in [-0.2, 0) is 9.59 Å². The van der Waals surface area contributed by atoms with Crippen LogP contribution in [0.5, 0.6) is 0 Å². The Morgan fingerprint density at radius 1 is 1.26 bits per heavy atom. The van der Waals surface area contributed by atoms with Crippen LogP contribution in [0, 0.1) is 11.8 Å². The molecule has 1 heterocycles. The van der Waals surface area contributed by atoms with Gasteiger partial charge in [0.15, 0.2) is 0 Å². The van der Waals surface area contributed by atoms with E-state index in [1.807, 2.05) is 4.90 Å². The van der Waals surface area contributed by atoms with Crippen LogP contribution in [0.2, 0.25) is 0 Å². The predicted octanol–water partition coefficient (Wildman–Crippen LogP) is 0.487. The van der Waals surface area contributed by atoms with Gasteiger partial charge in [0.05, 0.1) is 0 Å². The van der Waals surface area contributed by atoms with Gasteiger partial charge in [-0.15, -0.1) is 0 Å². The van der Waals surface area contributed by atoms with Crippen LogP contribution in [0.15, 0.2) is 0 Å². The van der Waals surface area contributed by atoms with Gasteiger partial charge < -0.3 is 16.0 Å². The van der Waals surface area contributed by atoms with Gasteiger partial charge in [-0.2, -0.15) is 0 Å². The third-order valence-corrected chi connectivity index (χ3v) is 4.46. The Labute approximate surface area is 114 Å². The molecule has 0 bridgehead atoms. The number of rotatable bonds is 2. The fourth-order valence-corrected chi connectivity index (χ4v) is 3.30. The van der Waals surface area contributed by atoms with Gasteiger partial charge in [0.25, 0.3) is 0 Å². The first-order chi connectivity index (χ1) is 8.97. The van der Waals surface area contributed by atoms with Gasteiger partial charge in [0.2, 0.25) is 11.8 Å². The maximum atomic E-state index is 12.5. The highest BCUT2D eigenvalue weighted by atomic mass is 16.2. The van der Waals surface area contributed by atoms with Gasteiger partial charge in [-0.05, 0) is 31.6 Å². The minimum Gasteiger partial charge on any atom is -0.352 e. The van der Waals surface area contributed by atoms with E-state index in [2.05, 4.69) is 12.2 Å². The molecule has 2 rings (SSSR count). The summed E-state index contributed by atoms with van der Waals surface area (Å²) in [5, 5.41) is 2.89. The number of carbonyl (C=O) groups excluding carboxylic acids is 2. The standard InChI is InChI=1S/C14H25N3O2/c1-9-3-4-11(15)7-13(9)14(19)17-6-5-12(8-17)16-10(2)18/h9,11-13H,3-8,15H2,1-2H3,(H,16,18). The smallest absolute Gasteiger partial charge is 0.226 e. The zero-order valence-electron chi connectivity index (χ0n) is 11.9. The molecule has 108 valence electrons. The molecule has 1 aliphatic carbocycles. The quantitative estimate of drug-likeness (QED) is 0.764. The average molecular weight is 267 g/mol. The lowest BCUT2D eigenvalue weighted by Crippen LogP contribution is -2.44. The molecular formula is C14H25N3O2. The predicted molar refractivity (Wildman–Crippen MR) is 73.3 cm³/mol. The summed E-state index contributed by atoms with van der Waals surface area (Å²) in [5.41, 5.74) is 5.99. The number of nitrogens with two attached hydrogens (primary N) is 1. The van der Waals surface area contributed by atoms with Crippen molar-refractivity contribution < 1.29 is 9.59 Å². The molecule has 4 unspecified atom stereocenters. The van der Waals surface area contributed by atoms with Crippen molar-refractivity contribution >= 4 is 11.8 Å². The number of nitrogens with one attached hydrogen (secondary N) is 1. The summed E-state index contributed by atoms with van der Waals surface area (Å²) in [4.78, 5) is 25.5. The Hall–Kier alpha value is -1.10. The summed E-state index contributed by atoms with van der Waals surface area (Å²) < 4.78 is 0. The van der Waals surface area contributed by atoms with Gasteiger partial charge >= 0.3 is 0 Å². The first kappa shape index (κ1) is 14.3. The zero-order chi connectivity index (χ0) is 14.0. The highest BCUT2D eigenvalue weighted by molar-refractivity contribution is 5.80. The highest BCUT2D eigenvalue weighted by Crippen LogP contribution is 2.31. The van der Waals surface area contributed by atoms with Crippen molar-refractivity contribution in [1.82, 2.24) is 10.2 Å². The van der Waals surface area contributed by atoms with Gasteiger partial charge in [-0.25, -0.2) is 0 Å². The Balaban J connectivity index is 1.91. The van der Waals surface area contributed by atoms with Gasteiger partial charge in [-0.1, -0.05) is 6.92 Å². The molecule has 4 atom stereocenters. The summed E-state index contributed by atoms with van der Waals surface area (Å²) >= 11 is 0. The Morgan fingerprint density at radius 3 is 2.68 bits per heavy atom. The lowest BCUT2D eigenvalue weighted by Gasteiger charge is -2.34. The molecule has 19 heavy (non-hydrogen) atoms. The van der Waals surface area contributed by atoms with E-state index in [0.717, 1.165) is 32.2 Å². The van der Waals surface area contributed by atoms with Crippen molar-refractivity contribution in [2.75, 3.05) is 13.1 Å². The molecule has 0 spiro atoms. The van der Waals surface area contributed by atoms with E-state index in [1.165, 1.54) is 6.92 Å². The second-order valence-corrected chi connectivity index (χ2v) is 6.13. The molecule has 2 fully saturated rings. The largest absolute Gasteiger partial charge is 0.352 e. The van der Waals surface area contributed by atoms with Crippen molar-refractivity contribution in [3.05, 3.63) is 0 Å². The van der Waals surface area contributed by atoms with Crippen molar-refractivity contribution in [1.29, 1.82) is 0 Å². The Bertz CT molecular complexity index is 359. The SMILES string of the molecule is CC(=O)NC1CCN(C(=O)C2CC(N)CCC2C)C1. The molecule has 0 radical (unpaired) electrons. The molecule has 2 amide bonds. The molecule has 5 nitrogen and oxygen atoms in total. The molecule has 2 aliphatic rings. The van der Waals surface area contributed by atoms with Gasteiger partial charge in [-0.3, -0.25) is 9.59 Å². The molecule has 1 saturated heterocycles. The van der Waals surface area contributed by atoms with Crippen molar-refractivity contribution in [2.45, 2.75) is 51.6 Å². The van der Waals surface area contributed by atoms with E-state index >= 15 is 0 Å². The topological polar surface area (TPSA) is 75.4 Å². The van der Waals surface area contributed by atoms with Gasteiger partial charge in [0, 0.05) is 38.0 Å². The van der Waals surface area contributed by atoms with Crippen LogP contribution in [-0.4, -0.2) is 41.9 Å². The summed E-state index contributed by atoms with van der Waals surface area (Å²) in [6.45, 7) is 5.07. The van der Waals surface area contributed by atoms with E-state index in [4.69, 9.17) is 5.73 Å². The molecule has 0 aromatic heterocycles. The second kappa shape index (κ2) is 5.90. The van der Waals surface area contributed by atoms with Crippen LogP contribution in [0.3, 0.4) is 0 Å². The molecular weight excluding hydrogens is 242 g/mol. The molecule has 1 aliphatic heterocycles. The minimum atomic E-state index is -0.0210. The van der Waals surface area contributed by atoms with Crippen LogP contribution in [0.1, 0.15) is 39.5 Å². The second-order valence-electron chi connectivity index (χ2n) is 6.13. The maximum Gasteiger partial charge on any atom is 0.226 e. The lowest BCUT2D eigenvalue weighted by atomic mass is 9.77. The van der Waals surface area contributed by atoms with E-state index in [0.29, 0.717) is 12.5 Å². The van der Waals surface area contributed by atoms with E-state index < -0.39 is 0 Å². The molecule has 0 aromatic rings. The van der Waals surface area contributed by atoms with Crippen LogP contribution >= 0.6 is 0 Å². The summed E-state index contributed by atoms with van der Waals surface area (Å²) in [7, 11) is 0. The van der Waals surface area contributed by atoms with E-state index in [9.17, 15) is 9.59 Å².